The summed E-state index contributed by atoms with van der Waals surface area (Å²) >= 11 is 0. The van der Waals surface area contributed by atoms with Crippen molar-refractivity contribution in [3.63, 3.8) is 0 Å². The number of carbonyl (C=O) groups excluding carboxylic acids is 3. The number of hydrogen-bond donors (Lipinski definition) is 0. The van der Waals surface area contributed by atoms with Gasteiger partial charge in [0.1, 0.15) is 13.2 Å². The minimum absolute atomic E-state index is 0.0868. The summed E-state index contributed by atoms with van der Waals surface area (Å²) < 4.78 is 16.9. The number of unbranched alkanes of at least 4 members (excludes halogenated alkanes) is 41. The highest BCUT2D eigenvalue weighted by atomic mass is 16.6. The average molecular weight is 998 g/mol. The Kier molecular flexibility index (Phi) is 58.2. The second-order valence-electron chi connectivity index (χ2n) is 21.3. The Morgan fingerprint density at radius 1 is 0.282 bits per heavy atom. The molecule has 0 aromatic heterocycles. The highest BCUT2D eigenvalue weighted by molar-refractivity contribution is 5.71. The van der Waals surface area contributed by atoms with Crippen LogP contribution in [0.15, 0.2) is 36.5 Å². The van der Waals surface area contributed by atoms with E-state index in [2.05, 4.69) is 57.2 Å². The van der Waals surface area contributed by atoms with Crippen LogP contribution in [0.25, 0.3) is 0 Å². The molecule has 0 heterocycles. The van der Waals surface area contributed by atoms with Crippen molar-refractivity contribution in [1.29, 1.82) is 0 Å². The monoisotopic (exact) mass is 997 g/mol. The first-order chi connectivity index (χ1) is 35.0. The van der Waals surface area contributed by atoms with E-state index in [4.69, 9.17) is 14.2 Å². The van der Waals surface area contributed by atoms with Crippen molar-refractivity contribution < 1.29 is 28.6 Å². The van der Waals surface area contributed by atoms with E-state index in [9.17, 15) is 14.4 Å². The highest BCUT2D eigenvalue weighted by Gasteiger charge is 2.19. The molecular formula is C65H120O6. The van der Waals surface area contributed by atoms with Gasteiger partial charge in [0.15, 0.2) is 6.10 Å². The molecule has 0 spiro atoms. The minimum atomic E-state index is -0.795. The van der Waals surface area contributed by atoms with Crippen molar-refractivity contribution in [3.05, 3.63) is 36.5 Å². The fourth-order valence-electron chi connectivity index (χ4n) is 9.40. The summed E-state index contributed by atoms with van der Waals surface area (Å²) in [6, 6.07) is 0. The summed E-state index contributed by atoms with van der Waals surface area (Å²) in [5.74, 6) is -0.915. The molecular weight excluding hydrogens is 877 g/mol. The van der Waals surface area contributed by atoms with E-state index in [-0.39, 0.29) is 37.5 Å². The van der Waals surface area contributed by atoms with Gasteiger partial charge in [0.25, 0.3) is 0 Å². The van der Waals surface area contributed by atoms with Crippen LogP contribution in [0, 0.1) is 0 Å². The van der Waals surface area contributed by atoms with Crippen LogP contribution in [0.3, 0.4) is 0 Å². The predicted molar refractivity (Wildman–Crippen MR) is 307 cm³/mol. The number of rotatable bonds is 58. The van der Waals surface area contributed by atoms with E-state index >= 15 is 0 Å². The maximum absolute atomic E-state index is 12.9. The summed E-state index contributed by atoms with van der Waals surface area (Å²) in [5, 5.41) is 0. The Balaban J connectivity index is 4.35. The SMILES string of the molecule is CCCCCCCC/C=C\C/C=C\C/C=C\CCCC(=O)O[C@@H](COC(=O)CCCCCCCCCCCCCCCCC)COC(=O)CCCCCCCCCCCCCCCCCCCCCCC. The minimum Gasteiger partial charge on any atom is -0.462 e. The van der Waals surface area contributed by atoms with Crippen LogP contribution in [0.4, 0.5) is 0 Å². The summed E-state index contributed by atoms with van der Waals surface area (Å²) in [7, 11) is 0. The molecule has 416 valence electrons. The lowest BCUT2D eigenvalue weighted by Gasteiger charge is -2.18. The molecule has 0 aliphatic rings. The van der Waals surface area contributed by atoms with Crippen molar-refractivity contribution in [2.24, 2.45) is 0 Å². The van der Waals surface area contributed by atoms with Gasteiger partial charge in [0, 0.05) is 19.3 Å². The van der Waals surface area contributed by atoms with Crippen LogP contribution in [0.2, 0.25) is 0 Å². The number of carbonyl (C=O) groups is 3. The Bertz CT molecular complexity index is 1190. The number of ether oxygens (including phenoxy) is 3. The number of esters is 3. The average Bonchev–Trinajstić information content (AvgIpc) is 3.37. The molecule has 0 aromatic rings. The van der Waals surface area contributed by atoms with Gasteiger partial charge in [-0.2, -0.15) is 0 Å². The molecule has 0 rings (SSSR count). The quantitative estimate of drug-likeness (QED) is 0.0261. The van der Waals surface area contributed by atoms with Crippen molar-refractivity contribution in [1.82, 2.24) is 0 Å². The van der Waals surface area contributed by atoms with Gasteiger partial charge in [0.05, 0.1) is 0 Å². The van der Waals surface area contributed by atoms with E-state index in [0.717, 1.165) is 57.8 Å². The van der Waals surface area contributed by atoms with Crippen LogP contribution in [-0.4, -0.2) is 37.2 Å². The zero-order valence-corrected chi connectivity index (χ0v) is 47.8. The molecule has 6 nitrogen and oxygen atoms in total. The fraction of sp³-hybridized carbons (Fsp3) is 0.862. The molecule has 0 bridgehead atoms. The first kappa shape index (κ1) is 68.6. The van der Waals surface area contributed by atoms with Gasteiger partial charge < -0.3 is 14.2 Å². The third-order valence-corrected chi connectivity index (χ3v) is 14.1. The van der Waals surface area contributed by atoms with Crippen LogP contribution < -0.4 is 0 Å². The van der Waals surface area contributed by atoms with Crippen molar-refractivity contribution in [2.75, 3.05) is 13.2 Å². The van der Waals surface area contributed by atoms with Crippen molar-refractivity contribution in [2.45, 2.75) is 348 Å². The summed E-state index contributed by atoms with van der Waals surface area (Å²) in [5.41, 5.74) is 0. The number of hydrogen-bond acceptors (Lipinski definition) is 6. The van der Waals surface area contributed by atoms with E-state index in [1.54, 1.807) is 0 Å². The Morgan fingerprint density at radius 3 is 0.831 bits per heavy atom. The molecule has 0 radical (unpaired) electrons. The van der Waals surface area contributed by atoms with Gasteiger partial charge in [0.2, 0.25) is 0 Å². The van der Waals surface area contributed by atoms with Gasteiger partial charge in [-0.15, -0.1) is 0 Å². The van der Waals surface area contributed by atoms with Gasteiger partial charge in [-0.25, -0.2) is 0 Å². The summed E-state index contributed by atoms with van der Waals surface area (Å²) in [6.07, 6.45) is 73.0. The van der Waals surface area contributed by atoms with Gasteiger partial charge in [-0.3, -0.25) is 14.4 Å². The maximum atomic E-state index is 12.9. The van der Waals surface area contributed by atoms with Gasteiger partial charge >= 0.3 is 17.9 Å². The molecule has 0 fully saturated rings. The highest BCUT2D eigenvalue weighted by Crippen LogP contribution is 2.17. The second kappa shape index (κ2) is 60.2. The molecule has 0 N–H and O–H groups in total. The van der Waals surface area contributed by atoms with E-state index in [1.165, 1.54) is 238 Å². The molecule has 6 heteroatoms. The van der Waals surface area contributed by atoms with E-state index < -0.39 is 6.10 Å². The molecule has 0 amide bonds. The maximum Gasteiger partial charge on any atom is 0.306 e. The van der Waals surface area contributed by atoms with Crippen molar-refractivity contribution >= 4 is 17.9 Å². The van der Waals surface area contributed by atoms with Crippen LogP contribution in [-0.2, 0) is 28.6 Å². The zero-order valence-electron chi connectivity index (χ0n) is 47.8. The molecule has 0 aliphatic heterocycles. The first-order valence-corrected chi connectivity index (χ1v) is 31.5. The van der Waals surface area contributed by atoms with Crippen molar-refractivity contribution in [3.8, 4) is 0 Å². The molecule has 71 heavy (non-hydrogen) atoms. The zero-order chi connectivity index (χ0) is 51.4. The molecule has 0 unspecified atom stereocenters. The Morgan fingerprint density at radius 2 is 0.521 bits per heavy atom. The van der Waals surface area contributed by atoms with E-state index in [1.807, 2.05) is 0 Å². The third-order valence-electron chi connectivity index (χ3n) is 14.1. The van der Waals surface area contributed by atoms with E-state index in [0.29, 0.717) is 19.3 Å². The summed E-state index contributed by atoms with van der Waals surface area (Å²) in [6.45, 7) is 6.65. The van der Waals surface area contributed by atoms with Crippen LogP contribution in [0.5, 0.6) is 0 Å². The van der Waals surface area contributed by atoms with Gasteiger partial charge in [-0.1, -0.05) is 308 Å². The smallest absolute Gasteiger partial charge is 0.306 e. The standard InChI is InChI=1S/C65H120O6/c1-4-7-10-13-16-19-22-25-28-30-31-32-33-35-37-40-43-46-49-52-55-58-64(67)70-61-62(60-69-63(66)57-54-51-48-45-42-39-36-27-24-21-18-15-12-9-6-3)71-65(68)59-56-53-50-47-44-41-38-34-29-26-23-20-17-14-11-8-5-2/h26,29,38,41,47,50,62H,4-25,27-28,30-37,39-40,42-46,48-49,51-61H2,1-3H3/b29-26-,41-38-,50-47-/t62-/m0/s1. The Labute approximate surface area is 442 Å². The Hall–Kier alpha value is -2.37. The predicted octanol–water partition coefficient (Wildman–Crippen LogP) is 21.2. The normalized spacial score (nSPS) is 12.2. The first-order valence-electron chi connectivity index (χ1n) is 31.5. The third kappa shape index (κ3) is 58.4. The fourth-order valence-corrected chi connectivity index (χ4v) is 9.40. The molecule has 0 aliphatic carbocycles. The molecule has 0 aromatic carbocycles. The second-order valence-corrected chi connectivity index (χ2v) is 21.3. The lowest BCUT2D eigenvalue weighted by molar-refractivity contribution is -0.167. The van der Waals surface area contributed by atoms with Crippen LogP contribution >= 0.6 is 0 Å². The lowest BCUT2D eigenvalue weighted by atomic mass is 10.0. The molecule has 1 atom stereocenters. The topological polar surface area (TPSA) is 78.9 Å². The van der Waals surface area contributed by atoms with Crippen LogP contribution in [0.1, 0.15) is 342 Å². The molecule has 0 saturated carbocycles. The summed E-state index contributed by atoms with van der Waals surface area (Å²) in [4.78, 5) is 38.2. The molecule has 0 saturated heterocycles. The largest absolute Gasteiger partial charge is 0.462 e. The van der Waals surface area contributed by atoms with Gasteiger partial charge in [-0.05, 0) is 51.4 Å². The lowest BCUT2D eigenvalue weighted by Crippen LogP contribution is -2.30. The number of allylic oxidation sites excluding steroid dienone is 6.